The second kappa shape index (κ2) is 7.71. The predicted octanol–water partition coefficient (Wildman–Crippen LogP) is 0.00730. The van der Waals surface area contributed by atoms with Crippen LogP contribution in [0.4, 0.5) is 0 Å². The van der Waals surface area contributed by atoms with Gasteiger partial charge in [-0.25, -0.2) is 0 Å². The Morgan fingerprint density at radius 1 is 0.871 bits per heavy atom. The number of aromatic hydroxyl groups is 6. The minimum absolute atomic E-state index is 0.00869. The van der Waals surface area contributed by atoms with Crippen LogP contribution in [0, 0.1) is 0 Å². The molecule has 1 saturated heterocycles. The molecule has 2 aromatic rings. The number of aliphatic hydroxyl groups excluding tert-OH is 3. The van der Waals surface area contributed by atoms with Crippen molar-refractivity contribution in [1.82, 2.24) is 0 Å². The van der Waals surface area contributed by atoms with Gasteiger partial charge in [-0.15, -0.1) is 0 Å². The molecule has 0 saturated carbocycles. The van der Waals surface area contributed by atoms with Crippen molar-refractivity contribution in [1.29, 1.82) is 0 Å². The average molecular weight is 437 g/mol. The number of benzene rings is 2. The predicted molar refractivity (Wildman–Crippen MR) is 102 cm³/mol. The van der Waals surface area contributed by atoms with Crippen LogP contribution in [-0.4, -0.2) is 76.8 Å². The highest BCUT2D eigenvalue weighted by atomic mass is 16.7. The zero-order valence-corrected chi connectivity index (χ0v) is 15.8. The van der Waals surface area contributed by atoms with Gasteiger partial charge in [-0.1, -0.05) is 0 Å². The third-order valence-electron chi connectivity index (χ3n) is 5.06. The number of ether oxygens (including phenoxy) is 3. The van der Waals surface area contributed by atoms with Gasteiger partial charge in [0, 0.05) is 12.1 Å². The van der Waals surface area contributed by atoms with E-state index in [1.807, 2.05) is 0 Å². The van der Waals surface area contributed by atoms with E-state index in [1.54, 1.807) is 0 Å². The largest absolute Gasteiger partial charge is 0.571 e. The van der Waals surface area contributed by atoms with E-state index in [1.165, 1.54) is 12.1 Å². The van der Waals surface area contributed by atoms with E-state index >= 15 is 0 Å². The van der Waals surface area contributed by atoms with E-state index in [0.29, 0.717) is 0 Å². The van der Waals surface area contributed by atoms with Crippen molar-refractivity contribution in [2.24, 2.45) is 0 Å². The molecule has 1 fully saturated rings. The van der Waals surface area contributed by atoms with Crippen molar-refractivity contribution in [3.8, 4) is 34.5 Å². The molecule has 2 aliphatic heterocycles. The summed E-state index contributed by atoms with van der Waals surface area (Å²) in [7, 11) is 0. The molecule has 2 aliphatic rings. The van der Waals surface area contributed by atoms with E-state index < -0.39 is 48.0 Å². The molecule has 2 heterocycles. The standard InChI is InChI=1S/C20H20O11/c21-8-3-10(22)9-5-15(31-20-18(28)17(27)13(25)6-29-20)19(30-14(9)4-8)7-1-11(23)16(26)12(24)2-7/h1-5,13,17-28H,6H2/p+1/t13-,17-,18+,19?,20-/m0/s1. The smallest absolute Gasteiger partial charge is 0.270 e. The van der Waals surface area contributed by atoms with Gasteiger partial charge in [-0.05, 0) is 12.1 Å². The zero-order chi connectivity index (χ0) is 22.4. The highest BCUT2D eigenvalue weighted by Gasteiger charge is 2.42. The van der Waals surface area contributed by atoms with Gasteiger partial charge in [0.25, 0.3) is 11.9 Å². The molecule has 4 rings (SSSR count). The van der Waals surface area contributed by atoms with Crippen LogP contribution in [0.3, 0.4) is 0 Å². The number of phenols is 5. The summed E-state index contributed by atoms with van der Waals surface area (Å²) in [5, 5.41) is 79.1. The van der Waals surface area contributed by atoms with E-state index in [2.05, 4.69) is 4.74 Å². The quantitative estimate of drug-likeness (QED) is 0.239. The van der Waals surface area contributed by atoms with Crippen molar-refractivity contribution < 1.29 is 55.1 Å². The van der Waals surface area contributed by atoms with Crippen molar-refractivity contribution >= 4 is 6.08 Å². The topological polar surface area (TPSA) is 193 Å². The molecular weight excluding hydrogens is 416 g/mol. The van der Waals surface area contributed by atoms with E-state index in [-0.39, 0.29) is 40.7 Å². The minimum atomic E-state index is -1.61. The minimum Gasteiger partial charge on any atom is -0.571 e. The molecule has 0 aromatic heterocycles. The van der Waals surface area contributed by atoms with Gasteiger partial charge in [-0.2, -0.15) is 0 Å². The molecular formula is C20H21O11+. The molecule has 5 atom stereocenters. The maximum Gasteiger partial charge on any atom is 0.270 e. The molecule has 0 spiro atoms. The second-order valence-electron chi connectivity index (χ2n) is 7.25. The van der Waals surface area contributed by atoms with Gasteiger partial charge in [0.1, 0.15) is 35.4 Å². The van der Waals surface area contributed by atoms with Crippen LogP contribution in [0.2, 0.25) is 0 Å². The summed E-state index contributed by atoms with van der Waals surface area (Å²) >= 11 is 0. The summed E-state index contributed by atoms with van der Waals surface area (Å²) in [4.78, 5) is 0. The number of rotatable bonds is 3. The molecule has 2 aromatic carbocycles. The van der Waals surface area contributed by atoms with Crippen molar-refractivity contribution in [3.05, 3.63) is 41.2 Å². The molecule has 11 nitrogen and oxygen atoms in total. The summed E-state index contributed by atoms with van der Waals surface area (Å²) in [6.45, 7) is -0.311. The number of fused-ring (bicyclic) bond motifs is 1. The third kappa shape index (κ3) is 3.75. The molecule has 11 heteroatoms. The Hall–Kier alpha value is -3.38. The van der Waals surface area contributed by atoms with Gasteiger partial charge in [-0.3, -0.25) is 0 Å². The average Bonchev–Trinajstić information content (AvgIpc) is 2.72. The maximum absolute atomic E-state index is 10.2. The summed E-state index contributed by atoms with van der Waals surface area (Å²) in [5.74, 6) is -2.38. The van der Waals surface area contributed by atoms with Gasteiger partial charge in [0.2, 0.25) is 6.29 Å². The lowest BCUT2D eigenvalue weighted by Gasteiger charge is -2.36. The van der Waals surface area contributed by atoms with Crippen molar-refractivity contribution in [3.63, 3.8) is 0 Å². The molecule has 9 N–H and O–H groups in total. The van der Waals surface area contributed by atoms with Crippen LogP contribution in [0.15, 0.2) is 30.0 Å². The number of hydrogen-bond donors (Lipinski definition) is 8. The van der Waals surface area contributed by atoms with E-state index in [0.717, 1.165) is 18.2 Å². The lowest BCUT2D eigenvalue weighted by molar-refractivity contribution is -0.263. The first kappa shape index (κ1) is 20.9. The first-order valence-corrected chi connectivity index (χ1v) is 9.21. The third-order valence-corrected chi connectivity index (χ3v) is 5.06. The molecule has 31 heavy (non-hydrogen) atoms. The Morgan fingerprint density at radius 3 is 2.23 bits per heavy atom. The fourth-order valence-corrected chi connectivity index (χ4v) is 3.42. The monoisotopic (exact) mass is 437 g/mol. The van der Waals surface area contributed by atoms with Gasteiger partial charge in [0.05, 0.1) is 18.2 Å². The summed E-state index contributed by atoms with van der Waals surface area (Å²) in [6.07, 6.45) is -5.56. The number of aliphatic hydroxyl groups is 4. The lowest BCUT2D eigenvalue weighted by atomic mass is 10.00. The molecule has 0 bridgehead atoms. The molecule has 166 valence electrons. The Morgan fingerprint density at radius 2 is 1.55 bits per heavy atom. The van der Waals surface area contributed by atoms with Crippen LogP contribution < -0.4 is 0 Å². The molecule has 1 unspecified atom stereocenters. The SMILES string of the molecule is Oc1cc(O)c2c(c1)[OH+]C(c1cc(O)c(O)c(O)c1)C(O[C@@H]1OC[C@H](O)[C@H](O)[C@H]1O)=C2. The summed E-state index contributed by atoms with van der Waals surface area (Å²) in [5.41, 5.74) is 0.348. The van der Waals surface area contributed by atoms with Crippen molar-refractivity contribution in [2.75, 3.05) is 6.61 Å². The number of hydrogen-bond acceptors (Lipinski definition) is 10. The Kier molecular flexibility index (Phi) is 5.19. The first-order valence-electron chi connectivity index (χ1n) is 9.21. The fourth-order valence-electron chi connectivity index (χ4n) is 3.42. The zero-order valence-electron chi connectivity index (χ0n) is 15.8. The lowest BCUT2D eigenvalue weighted by Crippen LogP contribution is -2.53. The second-order valence-corrected chi connectivity index (χ2v) is 7.25. The van der Waals surface area contributed by atoms with Crippen LogP contribution >= 0.6 is 0 Å². The Labute approximate surface area is 174 Å². The molecule has 0 radical (unpaired) electrons. The Balaban J connectivity index is 1.76. The van der Waals surface area contributed by atoms with E-state index in [4.69, 9.17) is 9.47 Å². The fraction of sp³-hybridized carbons (Fsp3) is 0.300. The van der Waals surface area contributed by atoms with E-state index in [9.17, 15) is 40.9 Å². The highest BCUT2D eigenvalue weighted by Crippen LogP contribution is 2.47. The Bertz CT molecular complexity index is 1010. The number of phenolic OH excluding ortho intramolecular Hbond substituents is 5. The van der Waals surface area contributed by atoms with Crippen LogP contribution in [0.1, 0.15) is 17.2 Å². The summed E-state index contributed by atoms with van der Waals surface area (Å²) < 4.78 is 15.4. The normalized spacial score (nSPS) is 27.7. The van der Waals surface area contributed by atoms with Crippen molar-refractivity contribution in [2.45, 2.75) is 30.7 Å². The maximum atomic E-state index is 10.2. The van der Waals surface area contributed by atoms with Crippen LogP contribution in [-0.2, 0) is 9.47 Å². The summed E-state index contributed by atoms with van der Waals surface area (Å²) in [6, 6.07) is 4.63. The highest BCUT2D eigenvalue weighted by molar-refractivity contribution is 5.69. The van der Waals surface area contributed by atoms with Crippen LogP contribution in [0.5, 0.6) is 34.5 Å². The first-order chi connectivity index (χ1) is 14.7. The molecule has 0 aliphatic carbocycles. The van der Waals surface area contributed by atoms with Gasteiger partial charge in [0.15, 0.2) is 23.0 Å². The van der Waals surface area contributed by atoms with Gasteiger partial charge < -0.3 is 55.1 Å². The van der Waals surface area contributed by atoms with Gasteiger partial charge >= 0.3 is 0 Å². The molecule has 0 amide bonds. The van der Waals surface area contributed by atoms with Crippen LogP contribution in [0.25, 0.3) is 6.08 Å².